The summed E-state index contributed by atoms with van der Waals surface area (Å²) >= 11 is 7.43. The monoisotopic (exact) mass is 458 g/mol. The van der Waals surface area contributed by atoms with E-state index >= 15 is 0 Å². The van der Waals surface area contributed by atoms with E-state index < -0.39 is 6.04 Å². The van der Waals surface area contributed by atoms with E-state index in [1.54, 1.807) is 4.90 Å². The molecule has 0 unspecified atom stereocenters. The molecule has 1 N–H and O–H groups in total. The van der Waals surface area contributed by atoms with Crippen LogP contribution >= 0.6 is 23.4 Å². The minimum absolute atomic E-state index is 0.0334. The van der Waals surface area contributed by atoms with Crippen LogP contribution in [0.4, 0.5) is 0 Å². The average Bonchev–Trinajstić information content (AvgIpc) is 3.27. The molecule has 2 amide bonds. The van der Waals surface area contributed by atoms with Gasteiger partial charge >= 0.3 is 0 Å². The molecule has 166 valence electrons. The fraction of sp³-hybridized carbons (Fsp3) is 0.440. The Labute approximate surface area is 194 Å². The summed E-state index contributed by atoms with van der Waals surface area (Å²) in [6.45, 7) is 4.44. The highest BCUT2D eigenvalue weighted by Crippen LogP contribution is 2.23. The van der Waals surface area contributed by atoms with E-state index in [4.69, 9.17) is 11.6 Å². The molecule has 2 aromatic rings. The lowest BCUT2D eigenvalue weighted by atomic mass is 10.1. The number of aryl methyl sites for hydroxylation is 1. The van der Waals surface area contributed by atoms with Gasteiger partial charge in [-0.15, -0.1) is 11.8 Å². The molecular formula is C25H31ClN2O2S. The maximum Gasteiger partial charge on any atom is 0.243 e. The number of rotatable bonds is 9. The van der Waals surface area contributed by atoms with Crippen molar-refractivity contribution in [2.24, 2.45) is 0 Å². The van der Waals surface area contributed by atoms with Crippen LogP contribution in [0.25, 0.3) is 0 Å². The first-order valence-electron chi connectivity index (χ1n) is 11.0. The van der Waals surface area contributed by atoms with Crippen molar-refractivity contribution >= 4 is 35.2 Å². The number of halogens is 1. The van der Waals surface area contributed by atoms with Gasteiger partial charge in [-0.1, -0.05) is 61.2 Å². The number of benzene rings is 2. The van der Waals surface area contributed by atoms with Crippen molar-refractivity contribution < 1.29 is 9.59 Å². The Hall–Kier alpha value is -1.98. The van der Waals surface area contributed by atoms with Crippen LogP contribution in [0, 0.1) is 6.92 Å². The molecule has 1 aliphatic carbocycles. The summed E-state index contributed by atoms with van der Waals surface area (Å²) in [5.41, 5.74) is 2.20. The molecule has 0 aliphatic heterocycles. The number of amides is 2. The summed E-state index contributed by atoms with van der Waals surface area (Å²) in [6.07, 6.45) is 4.96. The van der Waals surface area contributed by atoms with Gasteiger partial charge in [-0.3, -0.25) is 9.59 Å². The number of carbonyl (C=O) groups is 2. The standard InChI is InChI=1S/C25H31ClN2O2S/c1-3-23(25(30)27-21-6-4-5-7-21)28(16-19-10-8-18(2)9-11-19)24(29)17-31-22-14-12-20(26)13-15-22/h8-15,21,23H,3-7,16-17H2,1-2H3,(H,27,30)/t23-/m1/s1. The van der Waals surface area contributed by atoms with Gasteiger partial charge in [0.2, 0.25) is 11.8 Å². The predicted molar refractivity (Wildman–Crippen MR) is 128 cm³/mol. The summed E-state index contributed by atoms with van der Waals surface area (Å²) in [5, 5.41) is 3.86. The van der Waals surface area contributed by atoms with Crippen molar-refractivity contribution in [1.82, 2.24) is 10.2 Å². The van der Waals surface area contributed by atoms with E-state index in [1.165, 1.54) is 17.3 Å². The smallest absolute Gasteiger partial charge is 0.243 e. The molecule has 31 heavy (non-hydrogen) atoms. The van der Waals surface area contributed by atoms with Gasteiger partial charge in [0.05, 0.1) is 5.75 Å². The van der Waals surface area contributed by atoms with Gasteiger partial charge in [0, 0.05) is 22.5 Å². The second kappa shape index (κ2) is 11.6. The Morgan fingerprint density at radius 1 is 1.10 bits per heavy atom. The van der Waals surface area contributed by atoms with Gasteiger partial charge in [-0.05, 0) is 56.0 Å². The molecule has 3 rings (SSSR count). The quantitative estimate of drug-likeness (QED) is 0.497. The molecule has 1 atom stereocenters. The highest BCUT2D eigenvalue weighted by molar-refractivity contribution is 8.00. The molecule has 6 heteroatoms. The Bertz CT molecular complexity index is 864. The molecule has 2 aromatic carbocycles. The highest BCUT2D eigenvalue weighted by Gasteiger charge is 2.30. The van der Waals surface area contributed by atoms with Crippen molar-refractivity contribution in [3.8, 4) is 0 Å². The van der Waals surface area contributed by atoms with Crippen molar-refractivity contribution in [3.63, 3.8) is 0 Å². The zero-order valence-electron chi connectivity index (χ0n) is 18.3. The van der Waals surface area contributed by atoms with Crippen LogP contribution in [0.5, 0.6) is 0 Å². The van der Waals surface area contributed by atoms with Crippen LogP contribution in [-0.2, 0) is 16.1 Å². The Balaban J connectivity index is 1.74. The van der Waals surface area contributed by atoms with E-state index in [2.05, 4.69) is 5.32 Å². The lowest BCUT2D eigenvalue weighted by Crippen LogP contribution is -2.51. The number of carbonyl (C=O) groups excluding carboxylic acids is 2. The van der Waals surface area contributed by atoms with E-state index in [0.29, 0.717) is 18.0 Å². The van der Waals surface area contributed by atoms with Crippen molar-refractivity contribution in [2.75, 3.05) is 5.75 Å². The molecule has 0 bridgehead atoms. The summed E-state index contributed by atoms with van der Waals surface area (Å²) in [4.78, 5) is 29.1. The maximum absolute atomic E-state index is 13.3. The molecule has 0 saturated heterocycles. The van der Waals surface area contributed by atoms with E-state index in [1.807, 2.05) is 62.4 Å². The fourth-order valence-electron chi connectivity index (χ4n) is 3.94. The van der Waals surface area contributed by atoms with Crippen molar-refractivity contribution in [1.29, 1.82) is 0 Å². The lowest BCUT2D eigenvalue weighted by Gasteiger charge is -2.31. The van der Waals surface area contributed by atoms with E-state index in [-0.39, 0.29) is 23.6 Å². The molecule has 0 heterocycles. The molecule has 1 fully saturated rings. The predicted octanol–water partition coefficient (Wildman–Crippen LogP) is 5.61. The average molecular weight is 459 g/mol. The molecule has 0 aromatic heterocycles. The van der Waals surface area contributed by atoms with Crippen LogP contribution in [0.2, 0.25) is 5.02 Å². The zero-order chi connectivity index (χ0) is 22.2. The molecule has 0 spiro atoms. The Morgan fingerprint density at radius 2 is 1.74 bits per heavy atom. The summed E-state index contributed by atoms with van der Waals surface area (Å²) in [6, 6.07) is 15.4. The minimum Gasteiger partial charge on any atom is -0.352 e. The Morgan fingerprint density at radius 3 is 2.35 bits per heavy atom. The first-order chi connectivity index (χ1) is 15.0. The first kappa shape index (κ1) is 23.7. The van der Waals surface area contributed by atoms with Gasteiger partial charge in [-0.25, -0.2) is 0 Å². The lowest BCUT2D eigenvalue weighted by molar-refractivity contribution is -0.139. The first-order valence-corrected chi connectivity index (χ1v) is 12.4. The number of nitrogens with one attached hydrogen (secondary N) is 1. The topological polar surface area (TPSA) is 49.4 Å². The van der Waals surface area contributed by atoms with Crippen LogP contribution < -0.4 is 5.32 Å². The maximum atomic E-state index is 13.3. The highest BCUT2D eigenvalue weighted by atomic mass is 35.5. The van der Waals surface area contributed by atoms with Crippen molar-refractivity contribution in [3.05, 3.63) is 64.7 Å². The summed E-state index contributed by atoms with van der Waals surface area (Å²) in [5.74, 6) is 0.209. The third-order valence-electron chi connectivity index (χ3n) is 5.74. The van der Waals surface area contributed by atoms with E-state index in [0.717, 1.165) is 36.1 Å². The second-order valence-corrected chi connectivity index (χ2v) is 9.65. The third-order valence-corrected chi connectivity index (χ3v) is 6.99. The number of nitrogens with zero attached hydrogens (tertiary/aromatic N) is 1. The second-order valence-electron chi connectivity index (χ2n) is 8.16. The van der Waals surface area contributed by atoms with Gasteiger partial charge in [0.25, 0.3) is 0 Å². The molecule has 4 nitrogen and oxygen atoms in total. The van der Waals surface area contributed by atoms with Gasteiger partial charge in [0.15, 0.2) is 0 Å². The molecule has 1 saturated carbocycles. The van der Waals surface area contributed by atoms with Crippen LogP contribution in [-0.4, -0.2) is 34.6 Å². The largest absolute Gasteiger partial charge is 0.352 e. The van der Waals surface area contributed by atoms with Crippen LogP contribution in [0.1, 0.15) is 50.2 Å². The van der Waals surface area contributed by atoms with Crippen LogP contribution in [0.3, 0.4) is 0 Å². The third kappa shape index (κ3) is 7.01. The van der Waals surface area contributed by atoms with Gasteiger partial charge in [-0.2, -0.15) is 0 Å². The number of hydrogen-bond donors (Lipinski definition) is 1. The van der Waals surface area contributed by atoms with Gasteiger partial charge in [0.1, 0.15) is 6.04 Å². The van der Waals surface area contributed by atoms with Gasteiger partial charge < -0.3 is 10.2 Å². The minimum atomic E-state index is -0.472. The molecule has 0 radical (unpaired) electrons. The van der Waals surface area contributed by atoms with Crippen LogP contribution in [0.15, 0.2) is 53.4 Å². The summed E-state index contributed by atoms with van der Waals surface area (Å²) in [7, 11) is 0. The molecular weight excluding hydrogens is 428 g/mol. The fourth-order valence-corrected chi connectivity index (χ4v) is 4.85. The summed E-state index contributed by atoms with van der Waals surface area (Å²) < 4.78 is 0. The normalized spacial score (nSPS) is 14.9. The zero-order valence-corrected chi connectivity index (χ0v) is 19.8. The van der Waals surface area contributed by atoms with Crippen molar-refractivity contribution in [2.45, 2.75) is 69.5 Å². The van der Waals surface area contributed by atoms with E-state index in [9.17, 15) is 9.59 Å². The molecule has 1 aliphatic rings. The number of thioether (sulfide) groups is 1. The SMILES string of the molecule is CC[C@H](C(=O)NC1CCCC1)N(Cc1ccc(C)cc1)C(=O)CSc1ccc(Cl)cc1. The Kier molecular flexibility index (Phi) is 8.85. The number of hydrogen-bond acceptors (Lipinski definition) is 3.